The summed E-state index contributed by atoms with van der Waals surface area (Å²) in [4.78, 5) is 41.9. The third-order valence-electron chi connectivity index (χ3n) is 6.14. The molecule has 0 aliphatic heterocycles. The molecule has 0 saturated heterocycles. The van der Waals surface area contributed by atoms with E-state index in [0.29, 0.717) is 24.3 Å². The van der Waals surface area contributed by atoms with Crippen molar-refractivity contribution < 1.29 is 24.2 Å². The molecular formula is C27H43N3O5S. The van der Waals surface area contributed by atoms with Gasteiger partial charge in [0, 0.05) is 12.6 Å². The van der Waals surface area contributed by atoms with Crippen molar-refractivity contribution in [3.63, 3.8) is 0 Å². The Bertz CT molecular complexity index is 852. The minimum absolute atomic E-state index is 0.0896. The topological polar surface area (TPSA) is 108 Å². The van der Waals surface area contributed by atoms with Crippen LogP contribution in [-0.2, 0) is 14.3 Å². The number of aromatic hydroxyl groups is 1. The normalized spacial score (nSPS) is 15.4. The van der Waals surface area contributed by atoms with E-state index in [1.54, 1.807) is 49.6 Å². The second-order valence-electron chi connectivity index (χ2n) is 10.3. The summed E-state index contributed by atoms with van der Waals surface area (Å²) in [7, 11) is 0. The lowest BCUT2D eigenvalue weighted by atomic mass is 9.88. The molecule has 1 aromatic carbocycles. The summed E-state index contributed by atoms with van der Waals surface area (Å²) in [6.45, 7) is 7.95. The number of benzene rings is 1. The molecule has 2 atom stereocenters. The summed E-state index contributed by atoms with van der Waals surface area (Å²) in [6.07, 6.45) is 7.19. The molecule has 0 bridgehead atoms. The Kier molecular flexibility index (Phi) is 11.9. The summed E-state index contributed by atoms with van der Waals surface area (Å²) in [5, 5.41) is 15.6. The summed E-state index contributed by atoms with van der Waals surface area (Å²) in [5.41, 5.74) is -0.0698. The van der Waals surface area contributed by atoms with E-state index < -0.39 is 23.8 Å². The van der Waals surface area contributed by atoms with Crippen LogP contribution < -0.4 is 10.6 Å². The van der Waals surface area contributed by atoms with Crippen LogP contribution in [0.5, 0.6) is 5.75 Å². The molecule has 0 radical (unpaired) electrons. The molecule has 3 amide bonds. The Morgan fingerprint density at radius 3 is 2.36 bits per heavy atom. The molecule has 36 heavy (non-hydrogen) atoms. The van der Waals surface area contributed by atoms with E-state index in [4.69, 9.17) is 4.74 Å². The van der Waals surface area contributed by atoms with E-state index in [-0.39, 0.29) is 23.6 Å². The van der Waals surface area contributed by atoms with Gasteiger partial charge in [0.2, 0.25) is 11.8 Å². The fourth-order valence-electron chi connectivity index (χ4n) is 4.08. The van der Waals surface area contributed by atoms with Crippen LogP contribution in [0.4, 0.5) is 4.79 Å². The summed E-state index contributed by atoms with van der Waals surface area (Å²) < 4.78 is 5.43. The van der Waals surface area contributed by atoms with E-state index in [1.165, 1.54) is 12.1 Å². The number of alkyl carbamates (subject to hydrolysis) is 1. The summed E-state index contributed by atoms with van der Waals surface area (Å²) >= 11 is 1.59. The molecule has 8 nitrogen and oxygen atoms in total. The monoisotopic (exact) mass is 521 g/mol. The largest absolute Gasteiger partial charge is 0.508 e. The molecular weight excluding hydrogens is 478 g/mol. The van der Waals surface area contributed by atoms with Gasteiger partial charge in [0.1, 0.15) is 23.4 Å². The van der Waals surface area contributed by atoms with E-state index in [1.807, 2.05) is 6.26 Å². The SMILES string of the molecule is CCCCCNC(=O)C(c1ccc(O)cc1)N(C(=O)C(CCSC)NC(=O)OC(C)(C)C)C1CCC1. The number of hydrogen-bond donors (Lipinski definition) is 3. The zero-order valence-electron chi connectivity index (χ0n) is 22.3. The number of thioether (sulfide) groups is 1. The maximum Gasteiger partial charge on any atom is 0.408 e. The van der Waals surface area contributed by atoms with Crippen LogP contribution in [0.15, 0.2) is 24.3 Å². The molecule has 202 valence electrons. The number of ether oxygens (including phenoxy) is 1. The van der Waals surface area contributed by atoms with Crippen molar-refractivity contribution in [3.8, 4) is 5.75 Å². The van der Waals surface area contributed by atoms with Crippen molar-refractivity contribution in [1.82, 2.24) is 15.5 Å². The highest BCUT2D eigenvalue weighted by molar-refractivity contribution is 7.98. The molecule has 1 aliphatic carbocycles. The maximum absolute atomic E-state index is 14.1. The van der Waals surface area contributed by atoms with Crippen LogP contribution in [-0.4, -0.2) is 64.2 Å². The van der Waals surface area contributed by atoms with Crippen LogP contribution in [0.1, 0.15) is 84.2 Å². The van der Waals surface area contributed by atoms with Gasteiger partial charge in [-0.15, -0.1) is 0 Å². The molecule has 1 aliphatic rings. The fraction of sp³-hybridized carbons (Fsp3) is 0.667. The first-order valence-electron chi connectivity index (χ1n) is 12.9. The van der Waals surface area contributed by atoms with Gasteiger partial charge in [-0.1, -0.05) is 31.9 Å². The molecule has 2 unspecified atom stereocenters. The Morgan fingerprint density at radius 2 is 1.83 bits per heavy atom. The Balaban J connectivity index is 2.39. The second-order valence-corrected chi connectivity index (χ2v) is 11.3. The lowest BCUT2D eigenvalue weighted by molar-refractivity contribution is -0.147. The van der Waals surface area contributed by atoms with Gasteiger partial charge in [-0.3, -0.25) is 9.59 Å². The van der Waals surface area contributed by atoms with Crippen molar-refractivity contribution in [2.24, 2.45) is 0 Å². The average Bonchev–Trinajstić information content (AvgIpc) is 2.77. The number of phenolic OH excluding ortho intramolecular Hbond substituents is 1. The van der Waals surface area contributed by atoms with Crippen molar-refractivity contribution in [1.29, 1.82) is 0 Å². The van der Waals surface area contributed by atoms with Crippen LogP contribution in [0, 0.1) is 0 Å². The quantitative estimate of drug-likeness (QED) is 0.323. The molecule has 1 aromatic rings. The number of rotatable bonds is 13. The first-order chi connectivity index (χ1) is 17.1. The molecule has 3 N–H and O–H groups in total. The molecule has 0 spiro atoms. The molecule has 2 rings (SSSR count). The van der Waals surface area contributed by atoms with Crippen LogP contribution in [0.3, 0.4) is 0 Å². The molecule has 0 aromatic heterocycles. The fourth-order valence-corrected chi connectivity index (χ4v) is 4.56. The Hall–Kier alpha value is -2.42. The van der Waals surface area contributed by atoms with Crippen LogP contribution in [0.25, 0.3) is 0 Å². The number of nitrogens with one attached hydrogen (secondary N) is 2. The second kappa shape index (κ2) is 14.4. The summed E-state index contributed by atoms with van der Waals surface area (Å²) in [6, 6.07) is 4.64. The predicted octanol–water partition coefficient (Wildman–Crippen LogP) is 4.77. The van der Waals surface area contributed by atoms with Gasteiger partial charge in [0.15, 0.2) is 0 Å². The van der Waals surface area contributed by atoms with Crippen molar-refractivity contribution in [2.45, 2.75) is 96.4 Å². The number of phenols is 1. The Labute approximate surface area is 219 Å². The number of carbonyl (C=O) groups excluding carboxylic acids is 3. The number of carbonyl (C=O) groups is 3. The third kappa shape index (κ3) is 9.22. The number of hydrogen-bond acceptors (Lipinski definition) is 6. The van der Waals surface area contributed by atoms with Gasteiger partial charge in [-0.05, 0) is 82.6 Å². The van der Waals surface area contributed by atoms with Gasteiger partial charge in [-0.2, -0.15) is 11.8 Å². The van der Waals surface area contributed by atoms with Crippen molar-refractivity contribution >= 4 is 29.7 Å². The van der Waals surface area contributed by atoms with Gasteiger partial charge >= 0.3 is 6.09 Å². The lowest BCUT2D eigenvalue weighted by Crippen LogP contribution is -2.57. The van der Waals surface area contributed by atoms with Crippen molar-refractivity contribution in [2.75, 3.05) is 18.6 Å². The first kappa shape index (κ1) is 29.8. The minimum Gasteiger partial charge on any atom is -0.508 e. The molecule has 1 saturated carbocycles. The zero-order valence-corrected chi connectivity index (χ0v) is 23.2. The first-order valence-corrected chi connectivity index (χ1v) is 14.3. The van der Waals surface area contributed by atoms with E-state index in [2.05, 4.69) is 17.6 Å². The number of nitrogens with zero attached hydrogens (tertiary/aromatic N) is 1. The van der Waals surface area contributed by atoms with E-state index >= 15 is 0 Å². The van der Waals surface area contributed by atoms with Crippen LogP contribution in [0.2, 0.25) is 0 Å². The molecule has 1 fully saturated rings. The van der Waals surface area contributed by atoms with Gasteiger partial charge in [0.05, 0.1) is 0 Å². The van der Waals surface area contributed by atoms with Crippen molar-refractivity contribution in [3.05, 3.63) is 29.8 Å². The zero-order chi connectivity index (χ0) is 26.7. The van der Waals surface area contributed by atoms with Gasteiger partial charge in [0.25, 0.3) is 0 Å². The smallest absolute Gasteiger partial charge is 0.408 e. The van der Waals surface area contributed by atoms with Gasteiger partial charge in [-0.25, -0.2) is 4.79 Å². The maximum atomic E-state index is 14.1. The van der Waals surface area contributed by atoms with Gasteiger partial charge < -0.3 is 25.4 Å². The predicted molar refractivity (Wildman–Crippen MR) is 144 cm³/mol. The lowest BCUT2D eigenvalue weighted by Gasteiger charge is -2.43. The van der Waals surface area contributed by atoms with E-state index in [0.717, 1.165) is 38.5 Å². The third-order valence-corrected chi connectivity index (χ3v) is 6.78. The average molecular weight is 522 g/mol. The highest BCUT2D eigenvalue weighted by atomic mass is 32.2. The summed E-state index contributed by atoms with van der Waals surface area (Å²) in [5.74, 6) is 0.212. The highest BCUT2D eigenvalue weighted by Crippen LogP contribution is 2.34. The number of amides is 3. The minimum atomic E-state index is -0.859. The molecule has 0 heterocycles. The Morgan fingerprint density at radius 1 is 1.17 bits per heavy atom. The van der Waals surface area contributed by atoms with Crippen LogP contribution >= 0.6 is 11.8 Å². The number of unbranched alkanes of at least 4 members (excludes halogenated alkanes) is 2. The van der Waals surface area contributed by atoms with E-state index in [9.17, 15) is 19.5 Å². The standard InChI is InChI=1S/C27H43N3O5S/c1-6-7-8-17-28-24(32)23(19-12-14-21(31)15-13-19)30(20-10-9-11-20)25(33)22(16-18-36-5)29-26(34)35-27(2,3)4/h12-15,20,22-23,31H,6-11,16-18H2,1-5H3,(H,28,32)(H,29,34). The highest BCUT2D eigenvalue weighted by Gasteiger charge is 2.41. The molecule has 9 heteroatoms.